The van der Waals surface area contributed by atoms with E-state index in [2.05, 4.69) is 26.6 Å². The maximum absolute atomic E-state index is 13.7. The first-order valence-corrected chi connectivity index (χ1v) is 11.6. The van der Waals surface area contributed by atoms with Crippen LogP contribution in [-0.4, -0.2) is 37.3 Å². The average Bonchev–Trinajstić information content (AvgIpc) is 2.74. The van der Waals surface area contributed by atoms with E-state index >= 15 is 0 Å². The Morgan fingerprint density at radius 2 is 1.74 bits per heavy atom. The predicted octanol–water partition coefficient (Wildman–Crippen LogP) is 6.97. The van der Waals surface area contributed by atoms with Crippen LogP contribution in [0, 0.1) is 0 Å². The molecule has 0 fully saturated rings. The minimum Gasteiger partial charge on any atom is -0.352 e. The van der Waals surface area contributed by atoms with Gasteiger partial charge in [-0.3, -0.25) is 9.59 Å². The van der Waals surface area contributed by atoms with Crippen LogP contribution in [-0.2, 0) is 4.79 Å². The maximum Gasteiger partial charge on any atom is 0.399 e. The second kappa shape index (κ2) is 12.2. The number of carbonyl (C=O) groups excluding carboxylic acids is 2. The number of carbonyl (C=O) groups is 2. The summed E-state index contributed by atoms with van der Waals surface area (Å²) in [6.45, 7) is 0.528. The third-order valence-corrected chi connectivity index (χ3v) is 6.42. The van der Waals surface area contributed by atoms with E-state index in [9.17, 15) is 27.2 Å². The standard InChI is InChI=1S/C22H18BrCl3F4N2O2/c1-11(20(33)31-7-6-27)32-21(34)14-4-2-12(8-16(14)23)3-5-15(22(28,29)30)13-9-17(24)19(26)18(25)10-13/h2-5,8-11,15H,6-7H2,1H3,(H,31,33)(H,32,34)/b5-3+/t11-,15?/m1/s1. The molecule has 2 aromatic carbocycles. The van der Waals surface area contributed by atoms with Gasteiger partial charge < -0.3 is 10.6 Å². The molecule has 4 nitrogen and oxygen atoms in total. The summed E-state index contributed by atoms with van der Waals surface area (Å²) < 4.78 is 53.6. The molecule has 0 aliphatic carbocycles. The fourth-order valence-electron chi connectivity index (χ4n) is 2.85. The first kappa shape index (κ1) is 28.4. The molecule has 2 aromatic rings. The maximum atomic E-state index is 13.7. The molecular formula is C22H18BrCl3F4N2O2. The van der Waals surface area contributed by atoms with Crippen molar-refractivity contribution in [1.29, 1.82) is 0 Å². The third kappa shape index (κ3) is 7.60. The molecule has 1 unspecified atom stereocenters. The van der Waals surface area contributed by atoms with Crippen molar-refractivity contribution in [3.8, 4) is 0 Å². The van der Waals surface area contributed by atoms with Gasteiger partial charge in [0, 0.05) is 11.0 Å². The Kier molecular flexibility index (Phi) is 10.2. The van der Waals surface area contributed by atoms with E-state index in [1.165, 1.54) is 31.2 Å². The van der Waals surface area contributed by atoms with Crippen molar-refractivity contribution in [3.63, 3.8) is 0 Å². The summed E-state index contributed by atoms with van der Waals surface area (Å²) in [4.78, 5) is 24.2. The van der Waals surface area contributed by atoms with Crippen LogP contribution in [0.2, 0.25) is 15.1 Å². The van der Waals surface area contributed by atoms with E-state index in [1.807, 2.05) is 0 Å². The zero-order valence-corrected chi connectivity index (χ0v) is 21.3. The number of hydrogen-bond donors (Lipinski definition) is 2. The lowest BCUT2D eigenvalue weighted by Crippen LogP contribution is -2.45. The van der Waals surface area contributed by atoms with Crippen LogP contribution in [0.4, 0.5) is 17.6 Å². The van der Waals surface area contributed by atoms with Crippen LogP contribution in [0.5, 0.6) is 0 Å². The zero-order chi connectivity index (χ0) is 25.6. The molecule has 0 saturated heterocycles. The highest BCUT2D eigenvalue weighted by atomic mass is 79.9. The first-order chi connectivity index (χ1) is 15.8. The SMILES string of the molecule is C[C@@H](NC(=O)c1ccc(/C=C/C(c2cc(Cl)c(Cl)c(Cl)c2)C(F)(F)F)cc1Br)C(=O)NCCF. The van der Waals surface area contributed by atoms with Gasteiger partial charge in [-0.1, -0.05) is 53.0 Å². The van der Waals surface area contributed by atoms with Crippen LogP contribution < -0.4 is 10.6 Å². The molecule has 184 valence electrons. The van der Waals surface area contributed by atoms with Gasteiger partial charge in [-0.2, -0.15) is 13.2 Å². The van der Waals surface area contributed by atoms with Crippen molar-refractivity contribution < 1.29 is 27.2 Å². The lowest BCUT2D eigenvalue weighted by atomic mass is 9.97. The predicted molar refractivity (Wildman–Crippen MR) is 129 cm³/mol. The molecule has 0 saturated carbocycles. The van der Waals surface area contributed by atoms with Gasteiger partial charge in [0.2, 0.25) is 5.91 Å². The van der Waals surface area contributed by atoms with Crippen LogP contribution >= 0.6 is 50.7 Å². The van der Waals surface area contributed by atoms with E-state index in [0.29, 0.717) is 10.0 Å². The Hall–Kier alpha value is -1.81. The van der Waals surface area contributed by atoms with E-state index < -0.39 is 36.6 Å². The molecule has 34 heavy (non-hydrogen) atoms. The Balaban J connectivity index is 2.23. The quantitative estimate of drug-likeness (QED) is 0.253. The van der Waals surface area contributed by atoms with Gasteiger partial charge in [-0.25, -0.2) is 4.39 Å². The smallest absolute Gasteiger partial charge is 0.352 e. The molecule has 0 heterocycles. The van der Waals surface area contributed by atoms with Crippen molar-refractivity contribution in [2.45, 2.75) is 25.1 Å². The van der Waals surface area contributed by atoms with Crippen LogP contribution in [0.3, 0.4) is 0 Å². The Morgan fingerprint density at radius 1 is 1.12 bits per heavy atom. The molecule has 0 aliphatic heterocycles. The van der Waals surface area contributed by atoms with E-state index in [1.54, 1.807) is 0 Å². The van der Waals surface area contributed by atoms with Crippen LogP contribution in [0.15, 0.2) is 40.9 Å². The minimum atomic E-state index is -4.63. The highest BCUT2D eigenvalue weighted by molar-refractivity contribution is 9.10. The molecule has 2 N–H and O–H groups in total. The van der Waals surface area contributed by atoms with Crippen molar-refractivity contribution in [2.24, 2.45) is 0 Å². The Bertz CT molecular complexity index is 1070. The van der Waals surface area contributed by atoms with E-state index in [-0.39, 0.29) is 32.7 Å². The van der Waals surface area contributed by atoms with Gasteiger partial charge in [0.15, 0.2) is 0 Å². The summed E-state index contributed by atoms with van der Waals surface area (Å²) in [5.41, 5.74) is 0.349. The van der Waals surface area contributed by atoms with Gasteiger partial charge in [-0.05, 0) is 58.2 Å². The number of benzene rings is 2. The zero-order valence-electron chi connectivity index (χ0n) is 17.5. The monoisotopic (exact) mass is 602 g/mol. The van der Waals surface area contributed by atoms with Crippen LogP contribution in [0.1, 0.15) is 34.3 Å². The fraction of sp³-hybridized carbons (Fsp3) is 0.273. The van der Waals surface area contributed by atoms with Gasteiger partial charge in [0.25, 0.3) is 5.91 Å². The normalized spacial score (nSPS) is 13.6. The van der Waals surface area contributed by atoms with Crippen molar-refractivity contribution >= 4 is 68.6 Å². The highest BCUT2D eigenvalue weighted by Crippen LogP contribution is 2.41. The Labute approximate surface area is 216 Å². The second-order valence-corrected chi connectivity index (χ2v) is 9.14. The largest absolute Gasteiger partial charge is 0.399 e. The fourth-order valence-corrected chi connectivity index (χ4v) is 4.04. The first-order valence-electron chi connectivity index (χ1n) is 9.68. The molecule has 0 aliphatic rings. The number of nitrogens with one attached hydrogen (secondary N) is 2. The van der Waals surface area contributed by atoms with E-state index in [4.69, 9.17) is 34.8 Å². The summed E-state index contributed by atoms with van der Waals surface area (Å²) in [5.74, 6) is -3.16. The summed E-state index contributed by atoms with van der Waals surface area (Å²) in [5, 5.41) is 4.54. The lowest BCUT2D eigenvalue weighted by molar-refractivity contribution is -0.139. The Morgan fingerprint density at radius 3 is 2.26 bits per heavy atom. The molecule has 0 radical (unpaired) electrons. The van der Waals surface area contributed by atoms with Gasteiger partial charge in [0.05, 0.1) is 26.5 Å². The molecule has 0 bridgehead atoms. The summed E-state index contributed by atoms with van der Waals surface area (Å²) >= 11 is 20.8. The number of hydrogen-bond acceptors (Lipinski definition) is 2. The van der Waals surface area contributed by atoms with Gasteiger partial charge in [-0.15, -0.1) is 0 Å². The number of rotatable bonds is 8. The number of amides is 2. The number of allylic oxidation sites excluding steroid dienone is 1. The summed E-state index contributed by atoms with van der Waals surface area (Å²) in [6, 6.07) is 5.58. The molecular weight excluding hydrogens is 587 g/mol. The lowest BCUT2D eigenvalue weighted by Gasteiger charge is -2.18. The van der Waals surface area contributed by atoms with Gasteiger partial charge in [0.1, 0.15) is 12.7 Å². The van der Waals surface area contributed by atoms with E-state index in [0.717, 1.165) is 18.2 Å². The van der Waals surface area contributed by atoms with Crippen molar-refractivity contribution in [1.82, 2.24) is 10.6 Å². The highest BCUT2D eigenvalue weighted by Gasteiger charge is 2.39. The molecule has 2 rings (SSSR count). The molecule has 0 aromatic heterocycles. The van der Waals surface area contributed by atoms with Gasteiger partial charge >= 0.3 is 6.18 Å². The van der Waals surface area contributed by atoms with Crippen molar-refractivity contribution in [3.05, 3.63) is 72.6 Å². The molecule has 0 spiro atoms. The summed E-state index contributed by atoms with van der Waals surface area (Å²) in [6.07, 6.45) is -2.45. The molecule has 12 heteroatoms. The second-order valence-electron chi connectivity index (χ2n) is 7.09. The van der Waals surface area contributed by atoms with Crippen molar-refractivity contribution in [2.75, 3.05) is 13.2 Å². The minimum absolute atomic E-state index is 0.0380. The third-order valence-electron chi connectivity index (χ3n) is 4.57. The summed E-state index contributed by atoms with van der Waals surface area (Å²) in [7, 11) is 0. The molecule has 2 amide bonds. The topological polar surface area (TPSA) is 58.2 Å². The number of halogens is 8. The average molecular weight is 605 g/mol. The number of alkyl halides is 4. The van der Waals surface area contributed by atoms with Crippen LogP contribution in [0.25, 0.3) is 6.08 Å². The molecule has 2 atom stereocenters.